The van der Waals surface area contributed by atoms with E-state index < -0.39 is 28.8 Å². The van der Waals surface area contributed by atoms with E-state index in [0.717, 1.165) is 23.0 Å². The highest BCUT2D eigenvalue weighted by Crippen LogP contribution is 2.30. The number of hydrogen-bond donors (Lipinski definition) is 1. The number of alkyl halides is 3. The number of carboxylic acid groups (broad SMARTS) is 1. The van der Waals surface area contributed by atoms with Crippen molar-refractivity contribution in [3.05, 3.63) is 85.8 Å². The van der Waals surface area contributed by atoms with Gasteiger partial charge in [0.1, 0.15) is 5.56 Å². The Bertz CT molecular complexity index is 1120. The molecule has 3 aromatic rings. The Morgan fingerprint density at radius 3 is 2.43 bits per heavy atom. The van der Waals surface area contributed by atoms with Gasteiger partial charge in [0.05, 0.1) is 22.8 Å². The van der Waals surface area contributed by atoms with Crippen molar-refractivity contribution < 1.29 is 23.1 Å². The van der Waals surface area contributed by atoms with Crippen molar-refractivity contribution >= 4 is 29.2 Å². The summed E-state index contributed by atoms with van der Waals surface area (Å²) in [7, 11) is 0. The van der Waals surface area contributed by atoms with Gasteiger partial charge in [-0.2, -0.15) is 13.2 Å². The molecule has 0 bridgehead atoms. The lowest BCUT2D eigenvalue weighted by atomic mass is 10.1. The van der Waals surface area contributed by atoms with Crippen molar-refractivity contribution in [1.82, 2.24) is 9.36 Å². The second-order valence-corrected chi connectivity index (χ2v) is 6.70. The van der Waals surface area contributed by atoms with Gasteiger partial charge < -0.3 is 5.11 Å². The molecule has 0 spiro atoms. The highest BCUT2D eigenvalue weighted by molar-refractivity contribution is 6.35. The quantitative estimate of drug-likeness (QED) is 0.651. The van der Waals surface area contributed by atoms with Gasteiger partial charge in [-0.3, -0.25) is 9.48 Å². The average molecular weight is 431 g/mol. The first-order chi connectivity index (χ1) is 13.1. The highest BCUT2D eigenvalue weighted by Gasteiger charge is 2.30. The van der Waals surface area contributed by atoms with Crippen LogP contribution in [0.15, 0.2) is 53.5 Å². The van der Waals surface area contributed by atoms with E-state index in [9.17, 15) is 27.9 Å². The molecule has 1 heterocycles. The van der Waals surface area contributed by atoms with Crippen LogP contribution in [0.4, 0.5) is 13.2 Å². The van der Waals surface area contributed by atoms with Gasteiger partial charge in [-0.25, -0.2) is 9.48 Å². The molecule has 0 saturated carbocycles. The molecule has 0 aliphatic heterocycles. The van der Waals surface area contributed by atoms with Crippen molar-refractivity contribution in [3.8, 4) is 5.69 Å². The topological polar surface area (TPSA) is 64.2 Å². The lowest BCUT2D eigenvalue weighted by Crippen LogP contribution is -2.24. The Morgan fingerprint density at radius 1 is 1.11 bits per heavy atom. The van der Waals surface area contributed by atoms with Crippen LogP contribution >= 0.6 is 23.2 Å². The Kier molecular flexibility index (Phi) is 5.27. The molecule has 0 saturated heterocycles. The van der Waals surface area contributed by atoms with E-state index in [1.807, 2.05) is 0 Å². The van der Waals surface area contributed by atoms with Crippen LogP contribution in [0.3, 0.4) is 0 Å². The summed E-state index contributed by atoms with van der Waals surface area (Å²) in [6, 6.07) is 8.76. The van der Waals surface area contributed by atoms with Gasteiger partial charge in [-0.1, -0.05) is 35.3 Å². The minimum absolute atomic E-state index is 0.0786. The molecule has 3 rings (SSSR count). The summed E-state index contributed by atoms with van der Waals surface area (Å²) >= 11 is 12.0. The van der Waals surface area contributed by atoms with E-state index in [-0.39, 0.29) is 22.8 Å². The van der Waals surface area contributed by atoms with E-state index in [1.165, 1.54) is 35.0 Å². The minimum Gasteiger partial charge on any atom is -0.477 e. The predicted molar refractivity (Wildman–Crippen MR) is 97.6 cm³/mol. The summed E-state index contributed by atoms with van der Waals surface area (Å²) in [5.41, 5.74) is -1.90. The number of nitrogens with zero attached hydrogens (tertiary/aromatic N) is 2. The molecular weight excluding hydrogens is 420 g/mol. The maximum atomic E-state index is 12.9. The molecule has 1 aromatic heterocycles. The summed E-state index contributed by atoms with van der Waals surface area (Å²) in [5.74, 6) is -1.47. The van der Waals surface area contributed by atoms with Crippen LogP contribution in [0.2, 0.25) is 10.0 Å². The van der Waals surface area contributed by atoms with Crippen LogP contribution in [-0.4, -0.2) is 20.4 Å². The average Bonchev–Trinajstić information content (AvgIpc) is 2.91. The maximum Gasteiger partial charge on any atom is 0.416 e. The molecule has 0 fully saturated rings. The zero-order chi connectivity index (χ0) is 20.6. The van der Waals surface area contributed by atoms with Gasteiger partial charge in [0.2, 0.25) is 0 Å². The zero-order valence-corrected chi connectivity index (χ0v) is 15.4. The van der Waals surface area contributed by atoms with Crippen molar-refractivity contribution in [2.75, 3.05) is 0 Å². The fourth-order valence-electron chi connectivity index (χ4n) is 2.69. The SMILES string of the molecule is O=C(O)c1cn(Cc2cccc(C(F)(F)F)c2)n(-c2ccc(Cl)cc2Cl)c1=O. The Morgan fingerprint density at radius 2 is 1.82 bits per heavy atom. The van der Waals surface area contributed by atoms with Crippen molar-refractivity contribution in [1.29, 1.82) is 0 Å². The van der Waals surface area contributed by atoms with Crippen molar-refractivity contribution in [3.63, 3.8) is 0 Å². The third-order valence-corrected chi connectivity index (χ3v) is 4.46. The summed E-state index contributed by atoms with van der Waals surface area (Å²) in [6.07, 6.45) is -3.48. The van der Waals surface area contributed by atoms with E-state index in [2.05, 4.69) is 0 Å². The molecule has 0 aliphatic rings. The summed E-state index contributed by atoms with van der Waals surface area (Å²) in [4.78, 5) is 23.9. The molecule has 0 atom stereocenters. The molecule has 0 unspecified atom stereocenters. The molecule has 1 N–H and O–H groups in total. The molecular formula is C18H11Cl2F3N2O3. The van der Waals surface area contributed by atoms with Gasteiger partial charge in [0.15, 0.2) is 0 Å². The van der Waals surface area contributed by atoms with Crippen LogP contribution in [0.5, 0.6) is 0 Å². The van der Waals surface area contributed by atoms with Crippen LogP contribution in [0.25, 0.3) is 5.69 Å². The molecule has 5 nitrogen and oxygen atoms in total. The van der Waals surface area contributed by atoms with Crippen LogP contribution in [-0.2, 0) is 12.7 Å². The fraction of sp³-hybridized carbons (Fsp3) is 0.111. The van der Waals surface area contributed by atoms with Gasteiger partial charge in [0.25, 0.3) is 5.56 Å². The standard InChI is InChI=1S/C18H11Cl2F3N2O3/c19-12-4-5-15(14(20)7-12)25-16(26)13(17(27)28)9-24(25)8-10-2-1-3-11(6-10)18(21,22)23/h1-7,9H,8H2,(H,27,28). The zero-order valence-electron chi connectivity index (χ0n) is 13.9. The van der Waals surface area contributed by atoms with Crippen LogP contribution < -0.4 is 5.56 Å². The second-order valence-electron chi connectivity index (χ2n) is 5.86. The molecule has 0 radical (unpaired) electrons. The predicted octanol–water partition coefficient (Wildman–Crippen LogP) is 4.71. The maximum absolute atomic E-state index is 12.9. The van der Waals surface area contributed by atoms with Crippen LogP contribution in [0.1, 0.15) is 21.5 Å². The monoisotopic (exact) mass is 430 g/mol. The van der Waals surface area contributed by atoms with E-state index in [0.29, 0.717) is 5.02 Å². The Balaban J connectivity index is 2.15. The molecule has 0 aliphatic carbocycles. The Labute approximate surface area is 166 Å². The number of benzene rings is 2. The molecule has 10 heteroatoms. The summed E-state index contributed by atoms with van der Waals surface area (Å²) in [5, 5.41) is 9.63. The highest BCUT2D eigenvalue weighted by atomic mass is 35.5. The lowest BCUT2D eigenvalue weighted by molar-refractivity contribution is -0.137. The van der Waals surface area contributed by atoms with Gasteiger partial charge in [0, 0.05) is 11.2 Å². The Hall–Kier alpha value is -2.71. The van der Waals surface area contributed by atoms with Gasteiger partial charge >= 0.3 is 12.1 Å². The van der Waals surface area contributed by atoms with Gasteiger partial charge in [-0.15, -0.1) is 0 Å². The number of halogens is 5. The van der Waals surface area contributed by atoms with Gasteiger partial charge in [-0.05, 0) is 35.9 Å². The van der Waals surface area contributed by atoms with E-state index in [4.69, 9.17) is 23.2 Å². The van der Waals surface area contributed by atoms with Crippen LogP contribution in [0, 0.1) is 0 Å². The fourth-order valence-corrected chi connectivity index (χ4v) is 3.18. The van der Waals surface area contributed by atoms with E-state index >= 15 is 0 Å². The first-order valence-electron chi connectivity index (χ1n) is 7.75. The summed E-state index contributed by atoms with van der Waals surface area (Å²) in [6.45, 7) is -0.189. The second kappa shape index (κ2) is 7.37. The third-order valence-electron chi connectivity index (χ3n) is 3.92. The number of hydrogen-bond acceptors (Lipinski definition) is 2. The van der Waals surface area contributed by atoms with E-state index in [1.54, 1.807) is 0 Å². The minimum atomic E-state index is -4.53. The number of aromatic carboxylic acids is 1. The first-order valence-corrected chi connectivity index (χ1v) is 8.51. The summed E-state index contributed by atoms with van der Waals surface area (Å²) < 4.78 is 41.0. The lowest BCUT2D eigenvalue weighted by Gasteiger charge is -2.14. The number of carboxylic acids is 1. The number of carbonyl (C=O) groups is 1. The van der Waals surface area contributed by atoms with Crippen molar-refractivity contribution in [2.45, 2.75) is 12.7 Å². The molecule has 146 valence electrons. The third kappa shape index (κ3) is 3.93. The molecule has 28 heavy (non-hydrogen) atoms. The number of rotatable bonds is 4. The normalized spacial score (nSPS) is 11.6. The largest absolute Gasteiger partial charge is 0.477 e. The molecule has 2 aromatic carbocycles. The first kappa shape index (κ1) is 20.0. The smallest absolute Gasteiger partial charge is 0.416 e. The molecule has 0 amide bonds. The number of aromatic nitrogens is 2. The van der Waals surface area contributed by atoms with Crippen molar-refractivity contribution in [2.24, 2.45) is 0 Å².